The topological polar surface area (TPSA) is 50.7 Å². The van der Waals surface area contributed by atoms with E-state index in [1.165, 1.54) is 17.4 Å². The molecule has 1 aromatic carbocycles. The van der Waals surface area contributed by atoms with Gasteiger partial charge >= 0.3 is 0 Å². The van der Waals surface area contributed by atoms with E-state index in [9.17, 15) is 4.39 Å². The van der Waals surface area contributed by atoms with Gasteiger partial charge in [0.15, 0.2) is 4.34 Å². The Morgan fingerprint density at radius 1 is 1.09 bits per heavy atom. The van der Waals surface area contributed by atoms with Gasteiger partial charge in [-0.3, -0.25) is 4.98 Å². The van der Waals surface area contributed by atoms with Crippen molar-refractivity contribution in [2.45, 2.75) is 10.8 Å². The Hall–Kier alpha value is -1.99. The van der Waals surface area contributed by atoms with Crippen LogP contribution in [0.1, 0.15) is 5.69 Å². The Morgan fingerprint density at radius 3 is 2.77 bits per heavy atom. The molecule has 0 saturated heterocycles. The van der Waals surface area contributed by atoms with E-state index in [4.69, 9.17) is 0 Å². The highest BCUT2D eigenvalue weighted by Gasteiger charge is 2.07. The molecule has 0 amide bonds. The number of aryl methyl sites for hydroxylation is 1. The fraction of sp³-hybridized carbons (Fsp3) is 0.133. The zero-order chi connectivity index (χ0) is 15.2. The van der Waals surface area contributed by atoms with Crippen molar-refractivity contribution in [3.63, 3.8) is 0 Å². The molecule has 0 aliphatic heterocycles. The number of nitrogens with one attached hydrogen (secondary N) is 1. The number of thioether (sulfide) groups is 1. The molecule has 3 aromatic rings. The van der Waals surface area contributed by atoms with Gasteiger partial charge in [-0.1, -0.05) is 41.3 Å². The summed E-state index contributed by atoms with van der Waals surface area (Å²) in [7, 11) is 0. The first-order valence-corrected chi connectivity index (χ1v) is 8.49. The highest BCUT2D eigenvalue weighted by molar-refractivity contribution is 8.01. The Balaban J connectivity index is 1.54. The van der Waals surface area contributed by atoms with Crippen LogP contribution in [-0.2, 0) is 6.42 Å². The van der Waals surface area contributed by atoms with Crippen LogP contribution in [0.5, 0.6) is 0 Å². The summed E-state index contributed by atoms with van der Waals surface area (Å²) in [4.78, 5) is 4.28. The van der Waals surface area contributed by atoms with Crippen LogP contribution < -0.4 is 5.32 Å². The second-order valence-corrected chi connectivity index (χ2v) is 6.72. The summed E-state index contributed by atoms with van der Waals surface area (Å²) in [6.07, 6.45) is 2.67. The molecular weight excluding hydrogens is 319 g/mol. The summed E-state index contributed by atoms with van der Waals surface area (Å²) in [5.74, 6) is 0.577. The van der Waals surface area contributed by atoms with Crippen LogP contribution in [-0.4, -0.2) is 20.9 Å². The molecule has 0 radical (unpaired) electrons. The van der Waals surface area contributed by atoms with Crippen molar-refractivity contribution in [2.75, 3.05) is 11.1 Å². The zero-order valence-electron chi connectivity index (χ0n) is 11.6. The van der Waals surface area contributed by atoms with Gasteiger partial charge in [0, 0.05) is 17.6 Å². The number of nitrogens with zero attached hydrogens (tertiary/aromatic N) is 3. The first kappa shape index (κ1) is 14.9. The van der Waals surface area contributed by atoms with Gasteiger partial charge in [0.2, 0.25) is 5.13 Å². The van der Waals surface area contributed by atoms with E-state index in [1.54, 1.807) is 36.2 Å². The predicted octanol–water partition coefficient (Wildman–Crippen LogP) is 4.15. The lowest BCUT2D eigenvalue weighted by molar-refractivity contribution is 0.632. The van der Waals surface area contributed by atoms with Crippen LogP contribution in [0.2, 0.25) is 0 Å². The molecular formula is C15H13FN4S2. The van der Waals surface area contributed by atoms with Gasteiger partial charge in [-0.05, 0) is 30.7 Å². The monoisotopic (exact) mass is 332 g/mol. The molecule has 2 heterocycles. The maximum absolute atomic E-state index is 13.6. The number of hydrogen-bond acceptors (Lipinski definition) is 6. The van der Waals surface area contributed by atoms with Gasteiger partial charge in [-0.15, -0.1) is 10.2 Å². The van der Waals surface area contributed by atoms with Crippen molar-refractivity contribution in [2.24, 2.45) is 0 Å². The number of para-hydroxylation sites is 1. The molecule has 0 aliphatic carbocycles. The van der Waals surface area contributed by atoms with Crippen molar-refractivity contribution < 1.29 is 4.39 Å². The number of halogens is 1. The second kappa shape index (κ2) is 7.33. The molecule has 0 unspecified atom stereocenters. The third kappa shape index (κ3) is 4.02. The van der Waals surface area contributed by atoms with Crippen LogP contribution in [0, 0.1) is 5.82 Å². The van der Waals surface area contributed by atoms with Crippen molar-refractivity contribution in [1.29, 1.82) is 0 Å². The predicted molar refractivity (Wildman–Crippen MR) is 88.3 cm³/mol. The SMILES string of the molecule is Fc1ccccc1Nc1nnc(SCCc2ccccn2)s1. The van der Waals surface area contributed by atoms with Crippen LogP contribution in [0.3, 0.4) is 0 Å². The normalized spacial score (nSPS) is 10.6. The second-order valence-electron chi connectivity index (χ2n) is 4.40. The van der Waals surface area contributed by atoms with Crippen LogP contribution in [0.4, 0.5) is 15.2 Å². The van der Waals surface area contributed by atoms with Gasteiger partial charge in [0.25, 0.3) is 0 Å². The number of pyridine rings is 1. The van der Waals surface area contributed by atoms with E-state index in [0.29, 0.717) is 10.8 Å². The molecule has 0 bridgehead atoms. The fourth-order valence-electron chi connectivity index (χ4n) is 1.79. The Morgan fingerprint density at radius 2 is 1.95 bits per heavy atom. The van der Waals surface area contributed by atoms with E-state index in [-0.39, 0.29) is 5.82 Å². The largest absolute Gasteiger partial charge is 0.328 e. The average molecular weight is 332 g/mol. The summed E-state index contributed by atoms with van der Waals surface area (Å²) in [5.41, 5.74) is 1.47. The first-order valence-electron chi connectivity index (χ1n) is 6.69. The van der Waals surface area contributed by atoms with E-state index >= 15 is 0 Å². The number of anilines is 2. The number of hydrogen-bond donors (Lipinski definition) is 1. The first-order chi connectivity index (χ1) is 10.8. The van der Waals surface area contributed by atoms with Crippen LogP contribution in [0.15, 0.2) is 53.0 Å². The summed E-state index contributed by atoms with van der Waals surface area (Å²) in [6, 6.07) is 12.4. The summed E-state index contributed by atoms with van der Waals surface area (Å²) >= 11 is 3.04. The lowest BCUT2D eigenvalue weighted by Gasteiger charge is -2.01. The van der Waals surface area contributed by atoms with E-state index in [2.05, 4.69) is 20.5 Å². The minimum Gasteiger partial charge on any atom is -0.328 e. The summed E-state index contributed by atoms with van der Waals surface area (Å²) in [6.45, 7) is 0. The van der Waals surface area contributed by atoms with Crippen molar-refractivity contribution in [3.8, 4) is 0 Å². The quantitative estimate of drug-likeness (QED) is 0.687. The van der Waals surface area contributed by atoms with Gasteiger partial charge in [0.05, 0.1) is 5.69 Å². The Bertz CT molecular complexity index is 733. The van der Waals surface area contributed by atoms with Gasteiger partial charge in [-0.25, -0.2) is 4.39 Å². The summed E-state index contributed by atoms with van der Waals surface area (Å²) in [5, 5.41) is 11.7. The molecule has 0 saturated carbocycles. The highest BCUT2D eigenvalue weighted by atomic mass is 32.2. The van der Waals surface area contributed by atoms with E-state index in [1.807, 2.05) is 18.2 Å². The Labute approximate surface area is 135 Å². The van der Waals surface area contributed by atoms with E-state index in [0.717, 1.165) is 22.2 Å². The van der Waals surface area contributed by atoms with Crippen molar-refractivity contribution >= 4 is 33.9 Å². The number of rotatable bonds is 6. The molecule has 7 heteroatoms. The van der Waals surface area contributed by atoms with Crippen LogP contribution >= 0.6 is 23.1 Å². The molecule has 2 aromatic heterocycles. The van der Waals surface area contributed by atoms with Crippen molar-refractivity contribution in [1.82, 2.24) is 15.2 Å². The average Bonchev–Trinajstić information content (AvgIpc) is 2.98. The van der Waals surface area contributed by atoms with Gasteiger partial charge in [0.1, 0.15) is 5.82 Å². The molecule has 0 fully saturated rings. The lowest BCUT2D eigenvalue weighted by Crippen LogP contribution is -1.92. The molecule has 112 valence electrons. The highest BCUT2D eigenvalue weighted by Crippen LogP contribution is 2.28. The zero-order valence-corrected chi connectivity index (χ0v) is 13.2. The minimum atomic E-state index is -0.304. The smallest absolute Gasteiger partial charge is 0.210 e. The molecule has 0 aliphatic rings. The van der Waals surface area contributed by atoms with Crippen molar-refractivity contribution in [3.05, 3.63) is 60.2 Å². The maximum atomic E-state index is 13.6. The molecule has 22 heavy (non-hydrogen) atoms. The molecule has 0 atom stereocenters. The van der Waals surface area contributed by atoms with Gasteiger partial charge < -0.3 is 5.32 Å². The maximum Gasteiger partial charge on any atom is 0.210 e. The fourth-order valence-corrected chi connectivity index (χ4v) is 3.58. The molecule has 1 N–H and O–H groups in total. The minimum absolute atomic E-state index is 0.304. The third-order valence-corrected chi connectivity index (χ3v) is 4.81. The number of benzene rings is 1. The molecule has 3 rings (SSSR count). The van der Waals surface area contributed by atoms with Gasteiger partial charge in [-0.2, -0.15) is 0 Å². The van der Waals surface area contributed by atoms with Crippen LogP contribution in [0.25, 0.3) is 0 Å². The summed E-state index contributed by atoms with van der Waals surface area (Å²) < 4.78 is 14.4. The third-order valence-electron chi connectivity index (χ3n) is 2.83. The molecule has 4 nitrogen and oxygen atoms in total. The molecule has 0 spiro atoms. The standard InChI is InChI=1S/C15H13FN4S2/c16-12-6-1-2-7-13(12)18-14-19-20-15(22-14)21-10-8-11-5-3-4-9-17-11/h1-7,9H,8,10H2,(H,18,19). The number of aromatic nitrogens is 3. The van der Waals surface area contributed by atoms with E-state index < -0.39 is 0 Å². The Kier molecular flexibility index (Phi) is 4.97. The lowest BCUT2D eigenvalue weighted by atomic mass is 10.3.